The summed E-state index contributed by atoms with van der Waals surface area (Å²) in [5.41, 5.74) is 2.20. The van der Waals surface area contributed by atoms with Crippen molar-refractivity contribution >= 4 is 17.7 Å². The van der Waals surface area contributed by atoms with Crippen molar-refractivity contribution in [2.45, 2.75) is 66.3 Å². The maximum absolute atomic E-state index is 13.5. The Morgan fingerprint density at radius 1 is 1.17 bits per heavy atom. The van der Waals surface area contributed by atoms with Crippen LogP contribution in [0.3, 0.4) is 0 Å². The van der Waals surface area contributed by atoms with E-state index in [-0.39, 0.29) is 24.2 Å². The van der Waals surface area contributed by atoms with Gasteiger partial charge in [-0.25, -0.2) is 4.79 Å². The summed E-state index contributed by atoms with van der Waals surface area (Å²) in [7, 11) is 1.76. The Morgan fingerprint density at radius 3 is 2.37 bits per heavy atom. The zero-order valence-electron chi connectivity index (χ0n) is 19.2. The van der Waals surface area contributed by atoms with Crippen LogP contribution in [-0.4, -0.2) is 59.5 Å². The van der Waals surface area contributed by atoms with Gasteiger partial charge in [-0.3, -0.25) is 9.59 Å². The van der Waals surface area contributed by atoms with Crippen LogP contribution in [0.5, 0.6) is 0 Å². The molecule has 1 aromatic rings. The molecule has 1 atom stereocenters. The highest BCUT2D eigenvalue weighted by atomic mass is 16.5. The topological polar surface area (TPSA) is 77.8 Å². The molecule has 1 fully saturated rings. The quantitative estimate of drug-likeness (QED) is 0.311. The van der Waals surface area contributed by atoms with E-state index in [1.54, 1.807) is 37.3 Å². The maximum atomic E-state index is 13.5. The summed E-state index contributed by atoms with van der Waals surface area (Å²) in [6.45, 7) is 11.0. The SMILES string of the molecule is CCOCCCN(C(=O)C1CCC1)C(C)C(=O)c1c(C)c(C(=O)OCC)n(C)c1C. The van der Waals surface area contributed by atoms with Gasteiger partial charge in [-0.2, -0.15) is 0 Å². The summed E-state index contributed by atoms with van der Waals surface area (Å²) in [5.74, 6) is -0.512. The molecule has 168 valence electrons. The van der Waals surface area contributed by atoms with E-state index in [2.05, 4.69) is 0 Å². The number of Topliss-reactive ketones (excluding diaryl/α,β-unsaturated/α-hetero) is 1. The Kier molecular flexibility index (Phi) is 8.65. The van der Waals surface area contributed by atoms with Crippen molar-refractivity contribution in [3.8, 4) is 0 Å². The highest BCUT2D eigenvalue weighted by Crippen LogP contribution is 2.30. The largest absolute Gasteiger partial charge is 0.461 e. The highest BCUT2D eigenvalue weighted by molar-refractivity contribution is 6.06. The molecule has 1 heterocycles. The lowest BCUT2D eigenvalue weighted by Crippen LogP contribution is -2.48. The van der Waals surface area contributed by atoms with Crippen molar-refractivity contribution in [3.63, 3.8) is 0 Å². The lowest BCUT2D eigenvalue weighted by molar-refractivity contribution is -0.139. The molecule has 0 radical (unpaired) electrons. The summed E-state index contributed by atoms with van der Waals surface area (Å²) in [4.78, 5) is 40.7. The normalized spacial score (nSPS) is 14.9. The third kappa shape index (κ3) is 4.94. The van der Waals surface area contributed by atoms with E-state index in [1.165, 1.54) is 0 Å². The average Bonchev–Trinajstić information content (AvgIpc) is 2.88. The van der Waals surface area contributed by atoms with E-state index in [9.17, 15) is 14.4 Å². The molecule has 0 N–H and O–H groups in total. The second kappa shape index (κ2) is 10.8. The van der Waals surface area contributed by atoms with Crippen LogP contribution >= 0.6 is 0 Å². The van der Waals surface area contributed by atoms with Gasteiger partial charge in [0.05, 0.1) is 12.6 Å². The molecule has 0 spiro atoms. The smallest absolute Gasteiger partial charge is 0.355 e. The summed E-state index contributed by atoms with van der Waals surface area (Å²) in [6.07, 6.45) is 3.52. The first-order valence-electron chi connectivity index (χ1n) is 11.0. The Bertz CT molecular complexity index is 779. The standard InChI is InChI=1S/C23H36N2O5/c1-7-29-14-10-13-25(22(27)18-11-9-12-18)17(5)21(26)19-15(3)20(23(28)30-8-2)24(6)16(19)4/h17-18H,7-14H2,1-6H3. The van der Waals surface area contributed by atoms with Crippen LogP contribution in [0.4, 0.5) is 0 Å². The second-order valence-electron chi connectivity index (χ2n) is 7.96. The monoisotopic (exact) mass is 420 g/mol. The first-order chi connectivity index (χ1) is 14.3. The van der Waals surface area contributed by atoms with E-state index in [0.29, 0.717) is 48.7 Å². The number of ether oxygens (including phenoxy) is 2. The Labute approximate surface area is 179 Å². The van der Waals surface area contributed by atoms with Crippen molar-refractivity contribution in [1.29, 1.82) is 0 Å². The fraction of sp³-hybridized carbons (Fsp3) is 0.696. The molecule has 7 heteroatoms. The Morgan fingerprint density at radius 2 is 1.83 bits per heavy atom. The molecule has 0 bridgehead atoms. The zero-order chi connectivity index (χ0) is 22.4. The second-order valence-corrected chi connectivity index (χ2v) is 7.96. The van der Waals surface area contributed by atoms with Gasteiger partial charge in [0.15, 0.2) is 5.78 Å². The predicted octanol–water partition coefficient (Wildman–Crippen LogP) is 3.45. The van der Waals surface area contributed by atoms with Gasteiger partial charge < -0.3 is 18.9 Å². The van der Waals surface area contributed by atoms with Gasteiger partial charge in [0.2, 0.25) is 5.91 Å². The van der Waals surface area contributed by atoms with E-state index >= 15 is 0 Å². The van der Waals surface area contributed by atoms with E-state index in [4.69, 9.17) is 9.47 Å². The van der Waals surface area contributed by atoms with Crippen LogP contribution in [0.1, 0.15) is 78.6 Å². The van der Waals surface area contributed by atoms with Crippen LogP contribution in [0.25, 0.3) is 0 Å². The Hall–Kier alpha value is -2.15. The maximum Gasteiger partial charge on any atom is 0.355 e. The number of carbonyl (C=O) groups is 3. The van der Waals surface area contributed by atoms with E-state index in [0.717, 1.165) is 19.3 Å². The molecule has 30 heavy (non-hydrogen) atoms. The molecule has 0 aromatic carbocycles. The molecule has 1 saturated carbocycles. The number of esters is 1. The predicted molar refractivity (Wildman–Crippen MR) is 115 cm³/mol. The first-order valence-corrected chi connectivity index (χ1v) is 11.0. The molecule has 1 unspecified atom stereocenters. The highest BCUT2D eigenvalue weighted by Gasteiger charge is 2.36. The van der Waals surface area contributed by atoms with Crippen LogP contribution in [0, 0.1) is 19.8 Å². The van der Waals surface area contributed by atoms with Crippen molar-refractivity contribution in [1.82, 2.24) is 9.47 Å². The van der Waals surface area contributed by atoms with Gasteiger partial charge in [-0.05, 0) is 59.4 Å². The zero-order valence-corrected chi connectivity index (χ0v) is 19.2. The molecular formula is C23H36N2O5. The lowest BCUT2D eigenvalue weighted by atomic mass is 9.83. The molecular weight excluding hydrogens is 384 g/mol. The van der Waals surface area contributed by atoms with Gasteiger partial charge in [0.1, 0.15) is 5.69 Å². The van der Waals surface area contributed by atoms with Gasteiger partial charge >= 0.3 is 5.97 Å². The van der Waals surface area contributed by atoms with Crippen LogP contribution in [0.2, 0.25) is 0 Å². The third-order valence-corrected chi connectivity index (χ3v) is 6.12. The molecule has 1 aliphatic rings. The molecule has 1 amide bonds. The number of aromatic nitrogens is 1. The summed E-state index contributed by atoms with van der Waals surface area (Å²) >= 11 is 0. The molecule has 0 saturated heterocycles. The van der Waals surface area contributed by atoms with Gasteiger partial charge in [0.25, 0.3) is 0 Å². The minimum absolute atomic E-state index is 0.0143. The van der Waals surface area contributed by atoms with Gasteiger partial charge in [-0.1, -0.05) is 6.42 Å². The lowest BCUT2D eigenvalue weighted by Gasteiger charge is -2.35. The van der Waals surface area contributed by atoms with Crippen LogP contribution in [-0.2, 0) is 21.3 Å². The Balaban J connectivity index is 2.30. The minimum Gasteiger partial charge on any atom is -0.461 e. The summed E-state index contributed by atoms with van der Waals surface area (Å²) in [5, 5.41) is 0. The number of ketones is 1. The van der Waals surface area contributed by atoms with Crippen LogP contribution in [0.15, 0.2) is 0 Å². The van der Waals surface area contributed by atoms with Crippen molar-refractivity contribution in [2.75, 3.05) is 26.4 Å². The molecule has 1 aromatic heterocycles. The first kappa shape index (κ1) is 24.1. The van der Waals surface area contributed by atoms with Crippen molar-refractivity contribution < 1.29 is 23.9 Å². The summed E-state index contributed by atoms with van der Waals surface area (Å²) in [6, 6.07) is -0.602. The number of rotatable bonds is 11. The fourth-order valence-corrected chi connectivity index (χ4v) is 4.05. The van der Waals surface area contributed by atoms with E-state index < -0.39 is 12.0 Å². The molecule has 2 rings (SSSR count). The summed E-state index contributed by atoms with van der Waals surface area (Å²) < 4.78 is 12.3. The molecule has 1 aliphatic carbocycles. The number of hydrogen-bond donors (Lipinski definition) is 0. The molecule has 0 aliphatic heterocycles. The van der Waals surface area contributed by atoms with Gasteiger partial charge in [0, 0.05) is 44.0 Å². The molecule has 7 nitrogen and oxygen atoms in total. The minimum atomic E-state index is -0.602. The number of nitrogens with zero attached hydrogens (tertiary/aromatic N) is 2. The van der Waals surface area contributed by atoms with Crippen molar-refractivity contribution in [2.24, 2.45) is 13.0 Å². The number of hydrogen-bond acceptors (Lipinski definition) is 5. The number of amides is 1. The fourth-order valence-electron chi connectivity index (χ4n) is 4.05. The van der Waals surface area contributed by atoms with Crippen LogP contribution < -0.4 is 0 Å². The van der Waals surface area contributed by atoms with Crippen molar-refractivity contribution in [3.05, 3.63) is 22.5 Å². The van der Waals surface area contributed by atoms with E-state index in [1.807, 2.05) is 13.8 Å². The number of carbonyl (C=O) groups excluding carboxylic acids is 3. The average molecular weight is 421 g/mol. The third-order valence-electron chi connectivity index (χ3n) is 6.12. The van der Waals surface area contributed by atoms with Gasteiger partial charge in [-0.15, -0.1) is 0 Å².